The number of rotatable bonds is 8. The number of carbonyl (C=O) groups is 3. The summed E-state index contributed by atoms with van der Waals surface area (Å²) in [5.74, 6) is -0.670. The van der Waals surface area contributed by atoms with Crippen LogP contribution in [0.15, 0.2) is 57.7 Å². The van der Waals surface area contributed by atoms with Gasteiger partial charge in [-0.05, 0) is 18.4 Å². The Morgan fingerprint density at radius 1 is 1.21 bits per heavy atom. The normalized spacial score (nSPS) is 11.5. The molecule has 0 radical (unpaired) electrons. The quantitative estimate of drug-likeness (QED) is 0.549. The number of thiophene rings is 1. The SMILES string of the molecule is Cc1cc(NC(=O)C(OC(=O)CCNC(=O)c2ccsc2)c2ccccc2)no1. The van der Waals surface area contributed by atoms with E-state index in [1.54, 1.807) is 60.1 Å². The van der Waals surface area contributed by atoms with Crippen LogP contribution in [-0.2, 0) is 14.3 Å². The van der Waals surface area contributed by atoms with Gasteiger partial charge < -0.3 is 19.9 Å². The van der Waals surface area contributed by atoms with Gasteiger partial charge in [-0.2, -0.15) is 11.3 Å². The summed E-state index contributed by atoms with van der Waals surface area (Å²) < 4.78 is 10.3. The molecule has 1 atom stereocenters. The zero-order valence-corrected chi connectivity index (χ0v) is 16.4. The van der Waals surface area contributed by atoms with E-state index in [9.17, 15) is 14.4 Å². The fraction of sp³-hybridized carbons (Fsp3) is 0.200. The molecule has 0 spiro atoms. The summed E-state index contributed by atoms with van der Waals surface area (Å²) in [4.78, 5) is 36.8. The van der Waals surface area contributed by atoms with Crippen LogP contribution in [0.4, 0.5) is 5.82 Å². The van der Waals surface area contributed by atoms with Crippen LogP contribution in [0.25, 0.3) is 0 Å². The van der Waals surface area contributed by atoms with E-state index in [-0.39, 0.29) is 24.7 Å². The van der Waals surface area contributed by atoms with Crippen molar-refractivity contribution in [1.29, 1.82) is 0 Å². The molecule has 2 amide bonds. The summed E-state index contributed by atoms with van der Waals surface area (Å²) in [5.41, 5.74) is 1.05. The minimum absolute atomic E-state index is 0.0739. The van der Waals surface area contributed by atoms with Gasteiger partial charge in [0.05, 0.1) is 6.42 Å². The van der Waals surface area contributed by atoms with Crippen molar-refractivity contribution in [2.45, 2.75) is 19.4 Å². The maximum atomic E-state index is 12.7. The van der Waals surface area contributed by atoms with Gasteiger partial charge in [0.15, 0.2) is 5.82 Å². The summed E-state index contributed by atoms with van der Waals surface area (Å²) in [6, 6.07) is 11.9. The Morgan fingerprint density at radius 2 is 2.00 bits per heavy atom. The first-order chi connectivity index (χ1) is 14.0. The molecule has 0 aliphatic heterocycles. The van der Waals surface area contributed by atoms with Crippen molar-refractivity contribution in [2.24, 2.45) is 0 Å². The Balaban J connectivity index is 1.59. The van der Waals surface area contributed by atoms with Crippen molar-refractivity contribution in [2.75, 3.05) is 11.9 Å². The topological polar surface area (TPSA) is 111 Å². The van der Waals surface area contributed by atoms with E-state index in [2.05, 4.69) is 15.8 Å². The Bertz CT molecular complexity index is 969. The van der Waals surface area contributed by atoms with E-state index in [1.165, 1.54) is 11.3 Å². The van der Waals surface area contributed by atoms with Gasteiger partial charge in [0, 0.05) is 29.1 Å². The fourth-order valence-electron chi connectivity index (χ4n) is 2.48. The summed E-state index contributed by atoms with van der Waals surface area (Å²) in [6.07, 6.45) is -1.23. The van der Waals surface area contributed by atoms with Crippen LogP contribution in [-0.4, -0.2) is 29.5 Å². The molecule has 9 heteroatoms. The Hall–Kier alpha value is -3.46. The predicted octanol–water partition coefficient (Wildman–Crippen LogP) is 3.09. The molecule has 0 fully saturated rings. The molecule has 2 heterocycles. The number of benzene rings is 1. The monoisotopic (exact) mass is 413 g/mol. The highest BCUT2D eigenvalue weighted by atomic mass is 32.1. The van der Waals surface area contributed by atoms with E-state index in [4.69, 9.17) is 9.26 Å². The van der Waals surface area contributed by atoms with Crippen molar-refractivity contribution < 1.29 is 23.6 Å². The Morgan fingerprint density at radius 3 is 2.66 bits per heavy atom. The van der Waals surface area contributed by atoms with Gasteiger partial charge >= 0.3 is 5.97 Å². The molecule has 2 aromatic heterocycles. The van der Waals surface area contributed by atoms with Crippen molar-refractivity contribution in [1.82, 2.24) is 10.5 Å². The molecule has 0 saturated heterocycles. The van der Waals surface area contributed by atoms with Crippen molar-refractivity contribution >= 4 is 34.9 Å². The third kappa shape index (κ3) is 5.76. The number of hydrogen-bond acceptors (Lipinski definition) is 7. The first-order valence-corrected chi connectivity index (χ1v) is 9.76. The summed E-state index contributed by atoms with van der Waals surface area (Å²) in [7, 11) is 0. The highest BCUT2D eigenvalue weighted by Gasteiger charge is 2.25. The van der Waals surface area contributed by atoms with Crippen LogP contribution in [0.5, 0.6) is 0 Å². The molecule has 1 aromatic carbocycles. The van der Waals surface area contributed by atoms with Gasteiger partial charge in [-0.15, -0.1) is 0 Å². The number of aryl methyl sites for hydroxylation is 1. The summed E-state index contributed by atoms with van der Waals surface area (Å²) in [6.45, 7) is 1.79. The average Bonchev–Trinajstić information content (AvgIpc) is 3.38. The Labute approximate surface area is 170 Å². The molecule has 8 nitrogen and oxygen atoms in total. The minimum Gasteiger partial charge on any atom is -0.447 e. The van der Waals surface area contributed by atoms with E-state index in [0.717, 1.165) is 0 Å². The van der Waals surface area contributed by atoms with Gasteiger partial charge in [-0.3, -0.25) is 14.4 Å². The maximum absolute atomic E-state index is 12.7. The van der Waals surface area contributed by atoms with Crippen LogP contribution < -0.4 is 10.6 Å². The van der Waals surface area contributed by atoms with Crippen LogP contribution in [0.2, 0.25) is 0 Å². The molecule has 0 saturated carbocycles. The van der Waals surface area contributed by atoms with Crippen LogP contribution >= 0.6 is 11.3 Å². The fourth-order valence-corrected chi connectivity index (χ4v) is 3.12. The number of ether oxygens (including phenoxy) is 1. The number of aromatic nitrogens is 1. The lowest BCUT2D eigenvalue weighted by atomic mass is 10.1. The van der Waals surface area contributed by atoms with E-state index < -0.39 is 18.0 Å². The highest BCUT2D eigenvalue weighted by Crippen LogP contribution is 2.20. The van der Waals surface area contributed by atoms with E-state index in [0.29, 0.717) is 16.9 Å². The third-order valence-electron chi connectivity index (χ3n) is 3.87. The second-order valence-corrected chi connectivity index (χ2v) is 6.89. The largest absolute Gasteiger partial charge is 0.447 e. The summed E-state index contributed by atoms with van der Waals surface area (Å²) >= 11 is 1.41. The molecule has 2 N–H and O–H groups in total. The molecule has 3 aromatic rings. The van der Waals surface area contributed by atoms with Crippen molar-refractivity contribution in [3.05, 3.63) is 70.1 Å². The highest BCUT2D eigenvalue weighted by molar-refractivity contribution is 7.08. The molecular weight excluding hydrogens is 394 g/mol. The third-order valence-corrected chi connectivity index (χ3v) is 4.55. The zero-order valence-electron chi connectivity index (χ0n) is 15.6. The van der Waals surface area contributed by atoms with Gasteiger partial charge in [0.25, 0.3) is 11.8 Å². The lowest BCUT2D eigenvalue weighted by Crippen LogP contribution is -2.29. The molecule has 0 aliphatic carbocycles. The van der Waals surface area contributed by atoms with Crippen LogP contribution in [0.1, 0.15) is 34.2 Å². The van der Waals surface area contributed by atoms with E-state index >= 15 is 0 Å². The molecule has 0 bridgehead atoms. The second-order valence-electron chi connectivity index (χ2n) is 6.11. The first-order valence-electron chi connectivity index (χ1n) is 8.82. The molecule has 150 valence electrons. The van der Waals surface area contributed by atoms with Gasteiger partial charge in [0.1, 0.15) is 5.76 Å². The lowest BCUT2D eigenvalue weighted by Gasteiger charge is -2.17. The lowest BCUT2D eigenvalue weighted by molar-refractivity contribution is -0.154. The van der Waals surface area contributed by atoms with Crippen LogP contribution in [0.3, 0.4) is 0 Å². The maximum Gasteiger partial charge on any atom is 0.308 e. The standard InChI is InChI=1S/C20H19N3O5S/c1-13-11-16(23-28-13)22-20(26)18(14-5-3-2-4-6-14)27-17(24)7-9-21-19(25)15-8-10-29-12-15/h2-6,8,10-12,18H,7,9H2,1H3,(H,21,25)(H,22,23,26). The van der Waals surface area contributed by atoms with Gasteiger partial charge in [0.2, 0.25) is 6.10 Å². The first kappa shape index (κ1) is 20.3. The number of amides is 2. The second kappa shape index (κ2) is 9.65. The number of nitrogens with zero attached hydrogens (tertiary/aromatic N) is 1. The van der Waals surface area contributed by atoms with Crippen LogP contribution in [0, 0.1) is 6.92 Å². The van der Waals surface area contributed by atoms with Crippen molar-refractivity contribution in [3.8, 4) is 0 Å². The smallest absolute Gasteiger partial charge is 0.308 e. The number of esters is 1. The predicted molar refractivity (Wildman–Crippen MR) is 106 cm³/mol. The number of hydrogen-bond donors (Lipinski definition) is 2. The van der Waals surface area contributed by atoms with Crippen molar-refractivity contribution in [3.63, 3.8) is 0 Å². The minimum atomic E-state index is -1.16. The molecule has 0 aliphatic rings. The van der Waals surface area contributed by atoms with Gasteiger partial charge in [-0.1, -0.05) is 35.5 Å². The molecule has 1 unspecified atom stereocenters. The van der Waals surface area contributed by atoms with Gasteiger partial charge in [-0.25, -0.2) is 0 Å². The number of nitrogens with one attached hydrogen (secondary N) is 2. The molecular formula is C20H19N3O5S. The molecule has 29 heavy (non-hydrogen) atoms. The number of carbonyl (C=O) groups excluding carboxylic acids is 3. The summed E-state index contributed by atoms with van der Waals surface area (Å²) in [5, 5.41) is 12.4. The number of anilines is 1. The Kier molecular flexibility index (Phi) is 6.75. The molecule has 3 rings (SSSR count). The van der Waals surface area contributed by atoms with E-state index in [1.807, 2.05) is 0 Å². The average molecular weight is 413 g/mol. The zero-order chi connectivity index (χ0) is 20.6.